The van der Waals surface area contributed by atoms with Crippen molar-refractivity contribution in [3.63, 3.8) is 0 Å². The van der Waals surface area contributed by atoms with E-state index in [1.54, 1.807) is 23.1 Å². The summed E-state index contributed by atoms with van der Waals surface area (Å²) in [5, 5.41) is 17.8. The average molecular weight is 311 g/mol. The van der Waals surface area contributed by atoms with Crippen LogP contribution in [-0.4, -0.2) is 37.6 Å². The first-order valence-electron chi connectivity index (χ1n) is 7.28. The Morgan fingerprint density at radius 2 is 2.04 bits per heavy atom. The van der Waals surface area contributed by atoms with Crippen LogP contribution in [0.25, 0.3) is 6.08 Å². The first-order valence-corrected chi connectivity index (χ1v) is 7.28. The molecular weight excluding hydrogens is 294 g/mol. The lowest BCUT2D eigenvalue weighted by molar-refractivity contribution is -0.125. The lowest BCUT2D eigenvalue weighted by Crippen LogP contribution is -2.28. The first-order chi connectivity index (χ1) is 11.2. The highest BCUT2D eigenvalue weighted by Gasteiger charge is 2.21. The van der Waals surface area contributed by atoms with Gasteiger partial charge >= 0.3 is 0 Å². The van der Waals surface area contributed by atoms with Gasteiger partial charge in [0.15, 0.2) is 18.1 Å². The van der Waals surface area contributed by atoms with E-state index in [4.69, 9.17) is 14.7 Å². The van der Waals surface area contributed by atoms with Crippen molar-refractivity contribution < 1.29 is 14.3 Å². The Bertz CT molecular complexity index is 692. The maximum atomic E-state index is 12.3. The molecule has 0 N–H and O–H groups in total. The molecule has 118 valence electrons. The third-order valence-corrected chi connectivity index (χ3v) is 3.54. The second-order valence-corrected chi connectivity index (χ2v) is 5.03. The lowest BCUT2D eigenvalue weighted by atomic mass is 10.1. The standard InChI is InChI=1S/C17H17N3O3/c1-22-16-11-13(4-5-15(16)23-9-6-18)10-14(12-19)17(21)20-7-2-3-8-20/h4-5,10-11H,2-3,7-9H2,1H3/b14-10+. The van der Waals surface area contributed by atoms with Gasteiger partial charge in [-0.2, -0.15) is 10.5 Å². The molecule has 1 saturated heterocycles. The number of ether oxygens (including phenoxy) is 2. The highest BCUT2D eigenvalue weighted by molar-refractivity contribution is 6.01. The summed E-state index contributed by atoms with van der Waals surface area (Å²) in [4.78, 5) is 14.0. The molecule has 6 nitrogen and oxygen atoms in total. The van der Waals surface area contributed by atoms with Crippen molar-refractivity contribution >= 4 is 12.0 Å². The Balaban J connectivity index is 2.24. The summed E-state index contributed by atoms with van der Waals surface area (Å²) in [7, 11) is 1.49. The van der Waals surface area contributed by atoms with Gasteiger partial charge in [0.1, 0.15) is 17.7 Å². The number of hydrogen-bond donors (Lipinski definition) is 0. The van der Waals surface area contributed by atoms with E-state index in [9.17, 15) is 10.1 Å². The number of rotatable bonds is 5. The van der Waals surface area contributed by atoms with Crippen molar-refractivity contribution in [2.24, 2.45) is 0 Å². The fourth-order valence-electron chi connectivity index (χ4n) is 2.40. The molecule has 0 radical (unpaired) electrons. The van der Waals surface area contributed by atoms with Crippen molar-refractivity contribution in [2.45, 2.75) is 12.8 Å². The number of hydrogen-bond acceptors (Lipinski definition) is 5. The van der Waals surface area contributed by atoms with Crippen molar-refractivity contribution in [3.05, 3.63) is 29.3 Å². The van der Waals surface area contributed by atoms with Crippen LogP contribution in [0, 0.1) is 22.7 Å². The Morgan fingerprint density at radius 3 is 2.65 bits per heavy atom. The van der Waals surface area contributed by atoms with Gasteiger partial charge in [0.2, 0.25) is 0 Å². The number of amides is 1. The molecule has 0 bridgehead atoms. The minimum Gasteiger partial charge on any atom is -0.493 e. The molecule has 0 unspecified atom stereocenters. The highest BCUT2D eigenvalue weighted by Crippen LogP contribution is 2.29. The Labute approximate surface area is 135 Å². The molecule has 1 aliphatic rings. The van der Waals surface area contributed by atoms with Gasteiger partial charge in [0.05, 0.1) is 7.11 Å². The van der Waals surface area contributed by atoms with Gasteiger partial charge in [0.25, 0.3) is 5.91 Å². The molecule has 0 saturated carbocycles. The molecule has 1 aromatic rings. The van der Waals surface area contributed by atoms with E-state index < -0.39 is 0 Å². The fourth-order valence-corrected chi connectivity index (χ4v) is 2.40. The van der Waals surface area contributed by atoms with Crippen LogP contribution in [0.15, 0.2) is 23.8 Å². The normalized spacial score (nSPS) is 14.0. The van der Waals surface area contributed by atoms with E-state index in [0.717, 1.165) is 12.8 Å². The van der Waals surface area contributed by atoms with Crippen LogP contribution in [0.3, 0.4) is 0 Å². The van der Waals surface area contributed by atoms with Gasteiger partial charge in [-0.3, -0.25) is 4.79 Å². The van der Waals surface area contributed by atoms with Crippen LogP contribution >= 0.6 is 0 Å². The number of likely N-dealkylation sites (tertiary alicyclic amines) is 1. The zero-order valence-electron chi connectivity index (χ0n) is 12.9. The lowest BCUT2D eigenvalue weighted by Gasteiger charge is -2.14. The minimum atomic E-state index is -0.242. The Hall–Kier alpha value is -2.99. The van der Waals surface area contributed by atoms with Crippen LogP contribution in [0.5, 0.6) is 11.5 Å². The minimum absolute atomic E-state index is 0.0809. The largest absolute Gasteiger partial charge is 0.493 e. The van der Waals surface area contributed by atoms with Gasteiger partial charge in [-0.15, -0.1) is 0 Å². The summed E-state index contributed by atoms with van der Waals surface area (Å²) >= 11 is 0. The topological polar surface area (TPSA) is 86.3 Å². The zero-order chi connectivity index (χ0) is 16.7. The van der Waals surface area contributed by atoms with E-state index in [1.165, 1.54) is 13.2 Å². The number of methoxy groups -OCH3 is 1. The third kappa shape index (κ3) is 4.02. The van der Waals surface area contributed by atoms with Crippen molar-refractivity contribution in [2.75, 3.05) is 26.8 Å². The Kier molecular flexibility index (Phi) is 5.60. The van der Waals surface area contributed by atoms with Gasteiger partial charge < -0.3 is 14.4 Å². The molecule has 1 heterocycles. The van der Waals surface area contributed by atoms with E-state index in [-0.39, 0.29) is 18.1 Å². The number of benzene rings is 1. The molecule has 0 spiro atoms. The van der Waals surface area contributed by atoms with Crippen LogP contribution in [-0.2, 0) is 4.79 Å². The summed E-state index contributed by atoms with van der Waals surface area (Å²) in [5.41, 5.74) is 0.759. The predicted molar refractivity (Wildman–Crippen MR) is 83.5 cm³/mol. The number of nitriles is 2. The van der Waals surface area contributed by atoms with Crippen LogP contribution < -0.4 is 9.47 Å². The number of carbonyl (C=O) groups is 1. The maximum absolute atomic E-state index is 12.3. The summed E-state index contributed by atoms with van der Waals surface area (Å²) in [5.74, 6) is 0.643. The molecule has 1 fully saturated rings. The van der Waals surface area contributed by atoms with Gasteiger partial charge in [0, 0.05) is 13.1 Å². The Morgan fingerprint density at radius 1 is 1.30 bits per heavy atom. The van der Waals surface area contributed by atoms with Crippen molar-refractivity contribution in [1.82, 2.24) is 4.90 Å². The molecule has 1 amide bonds. The zero-order valence-corrected chi connectivity index (χ0v) is 12.9. The number of nitrogens with zero attached hydrogens (tertiary/aromatic N) is 3. The third-order valence-electron chi connectivity index (χ3n) is 3.54. The van der Waals surface area contributed by atoms with E-state index in [0.29, 0.717) is 30.2 Å². The smallest absolute Gasteiger partial charge is 0.264 e. The second-order valence-electron chi connectivity index (χ2n) is 5.03. The maximum Gasteiger partial charge on any atom is 0.264 e. The van der Waals surface area contributed by atoms with Crippen LogP contribution in [0.2, 0.25) is 0 Å². The van der Waals surface area contributed by atoms with E-state index in [2.05, 4.69) is 0 Å². The molecule has 23 heavy (non-hydrogen) atoms. The van der Waals surface area contributed by atoms with Gasteiger partial charge in [-0.05, 0) is 36.6 Å². The molecular formula is C17H17N3O3. The van der Waals surface area contributed by atoms with E-state index >= 15 is 0 Å². The van der Waals surface area contributed by atoms with Gasteiger partial charge in [-0.1, -0.05) is 6.07 Å². The van der Waals surface area contributed by atoms with Crippen LogP contribution in [0.1, 0.15) is 18.4 Å². The van der Waals surface area contributed by atoms with Gasteiger partial charge in [-0.25, -0.2) is 0 Å². The molecule has 0 atom stereocenters. The van der Waals surface area contributed by atoms with Crippen LogP contribution in [0.4, 0.5) is 0 Å². The second kappa shape index (κ2) is 7.86. The summed E-state index contributed by atoms with van der Waals surface area (Å²) < 4.78 is 10.5. The predicted octanol–water partition coefficient (Wildman–Crippen LogP) is 2.13. The average Bonchev–Trinajstić information content (AvgIpc) is 3.12. The van der Waals surface area contributed by atoms with E-state index in [1.807, 2.05) is 12.1 Å². The monoisotopic (exact) mass is 311 g/mol. The fraction of sp³-hybridized carbons (Fsp3) is 0.353. The summed E-state index contributed by atoms with van der Waals surface area (Å²) in [6.45, 7) is 1.31. The molecule has 2 rings (SSSR count). The summed E-state index contributed by atoms with van der Waals surface area (Å²) in [6.07, 6.45) is 3.49. The number of carbonyl (C=O) groups excluding carboxylic acids is 1. The highest BCUT2D eigenvalue weighted by atomic mass is 16.5. The molecule has 1 aliphatic heterocycles. The first kappa shape index (κ1) is 16.4. The van der Waals surface area contributed by atoms with Crippen molar-refractivity contribution in [1.29, 1.82) is 10.5 Å². The molecule has 0 aromatic heterocycles. The molecule has 1 aromatic carbocycles. The molecule has 0 aliphatic carbocycles. The quantitative estimate of drug-likeness (QED) is 0.614. The summed E-state index contributed by atoms with van der Waals surface area (Å²) in [6, 6.07) is 8.89. The van der Waals surface area contributed by atoms with Crippen molar-refractivity contribution in [3.8, 4) is 23.6 Å². The molecule has 6 heteroatoms. The SMILES string of the molecule is COc1cc(/C=C(\C#N)C(=O)N2CCCC2)ccc1OCC#N.